The molecule has 4 rings (SSSR count). The molecule has 3 atom stereocenters. The van der Waals surface area contributed by atoms with Gasteiger partial charge in [0.2, 0.25) is 0 Å². The largest absolute Gasteiger partial charge is 0.352 e. The summed E-state index contributed by atoms with van der Waals surface area (Å²) < 4.78 is 2.25. The van der Waals surface area contributed by atoms with Crippen LogP contribution in [0.5, 0.6) is 0 Å². The summed E-state index contributed by atoms with van der Waals surface area (Å²) in [4.78, 5) is 13.9. The van der Waals surface area contributed by atoms with Gasteiger partial charge in [0.1, 0.15) is 0 Å². The van der Waals surface area contributed by atoms with E-state index in [1.54, 1.807) is 0 Å². The molecule has 1 aromatic heterocycles. The molecule has 1 aromatic carbocycles. The number of likely N-dealkylation sites (tertiary alicyclic amines) is 2. The Bertz CT molecular complexity index is 852. The Balaban J connectivity index is 0.00000289. The van der Waals surface area contributed by atoms with Crippen molar-refractivity contribution < 1.29 is 0 Å². The highest BCUT2D eigenvalue weighted by molar-refractivity contribution is 14.0. The number of aromatic nitrogens is 2. The molecule has 7 heteroatoms. The summed E-state index contributed by atoms with van der Waals surface area (Å²) in [5.41, 5.74) is 2.81. The predicted molar refractivity (Wildman–Crippen MR) is 142 cm³/mol. The third-order valence-corrected chi connectivity index (χ3v) is 7.21. The summed E-state index contributed by atoms with van der Waals surface area (Å²) in [6, 6.07) is 9.99. The maximum atomic E-state index is 4.62. The molecule has 2 saturated heterocycles. The lowest BCUT2D eigenvalue weighted by Gasteiger charge is -2.39. The molecule has 1 N–H and O–H groups in total. The highest BCUT2D eigenvalue weighted by Gasteiger charge is 2.29. The van der Waals surface area contributed by atoms with Gasteiger partial charge in [-0.2, -0.15) is 0 Å². The zero-order valence-electron chi connectivity index (χ0n) is 19.8. The first-order valence-corrected chi connectivity index (χ1v) is 11.9. The van der Waals surface area contributed by atoms with Crippen molar-refractivity contribution >= 4 is 29.9 Å². The van der Waals surface area contributed by atoms with Gasteiger partial charge in [0, 0.05) is 51.7 Å². The fourth-order valence-electron chi connectivity index (χ4n) is 5.10. The Morgan fingerprint density at radius 3 is 2.66 bits per heavy atom. The van der Waals surface area contributed by atoms with Crippen molar-refractivity contribution in [3.05, 3.63) is 54.1 Å². The fraction of sp³-hybridized carbons (Fsp3) is 0.600. The van der Waals surface area contributed by atoms with Crippen molar-refractivity contribution in [3.8, 4) is 0 Å². The maximum Gasteiger partial charge on any atom is 0.193 e. The monoisotopic (exact) mass is 550 g/mol. The van der Waals surface area contributed by atoms with E-state index in [2.05, 4.69) is 74.0 Å². The lowest BCUT2D eigenvalue weighted by molar-refractivity contribution is 0.152. The van der Waals surface area contributed by atoms with Crippen LogP contribution < -0.4 is 5.32 Å². The van der Waals surface area contributed by atoms with Gasteiger partial charge >= 0.3 is 0 Å². The summed E-state index contributed by atoms with van der Waals surface area (Å²) in [7, 11) is 1.90. The van der Waals surface area contributed by atoms with Crippen LogP contribution in [0, 0.1) is 5.92 Å². The molecule has 3 unspecified atom stereocenters. The van der Waals surface area contributed by atoms with Gasteiger partial charge in [-0.25, -0.2) is 4.98 Å². The smallest absolute Gasteiger partial charge is 0.193 e. The van der Waals surface area contributed by atoms with Crippen LogP contribution in [0.15, 0.2) is 48.0 Å². The third-order valence-electron chi connectivity index (χ3n) is 7.21. The topological polar surface area (TPSA) is 48.7 Å². The van der Waals surface area contributed by atoms with Gasteiger partial charge in [0.05, 0.1) is 12.4 Å². The van der Waals surface area contributed by atoms with E-state index >= 15 is 0 Å². The third kappa shape index (κ3) is 6.04. The van der Waals surface area contributed by atoms with Crippen LogP contribution in [0.4, 0.5) is 0 Å². The summed E-state index contributed by atoms with van der Waals surface area (Å²) in [6.45, 7) is 9.79. The van der Waals surface area contributed by atoms with E-state index in [4.69, 9.17) is 0 Å². The van der Waals surface area contributed by atoms with E-state index in [-0.39, 0.29) is 24.0 Å². The predicted octanol–water partition coefficient (Wildman–Crippen LogP) is 4.53. The lowest BCUT2D eigenvalue weighted by atomic mass is 9.93. The Kier molecular flexibility index (Phi) is 9.40. The zero-order valence-corrected chi connectivity index (χ0v) is 22.1. The molecular formula is C25H39IN6. The molecule has 2 fully saturated rings. The van der Waals surface area contributed by atoms with Gasteiger partial charge in [0.15, 0.2) is 5.96 Å². The second-order valence-corrected chi connectivity index (χ2v) is 9.27. The molecular weight excluding hydrogens is 511 g/mol. The highest BCUT2D eigenvalue weighted by Crippen LogP contribution is 2.27. The Morgan fingerprint density at radius 2 is 1.94 bits per heavy atom. The molecule has 6 nitrogen and oxygen atoms in total. The minimum Gasteiger partial charge on any atom is -0.352 e. The summed E-state index contributed by atoms with van der Waals surface area (Å²) in [5.74, 6) is 1.63. The molecule has 0 aliphatic carbocycles. The lowest BCUT2D eigenvalue weighted by Crippen LogP contribution is -2.48. The molecule has 0 radical (unpaired) electrons. The first kappa shape index (κ1) is 25.0. The Morgan fingerprint density at radius 1 is 1.12 bits per heavy atom. The fourth-order valence-corrected chi connectivity index (χ4v) is 5.10. The van der Waals surface area contributed by atoms with Crippen LogP contribution in [0.1, 0.15) is 56.7 Å². The molecule has 0 saturated carbocycles. The average Bonchev–Trinajstić information content (AvgIpc) is 3.32. The van der Waals surface area contributed by atoms with E-state index < -0.39 is 0 Å². The van der Waals surface area contributed by atoms with Gasteiger partial charge < -0.3 is 14.8 Å². The van der Waals surface area contributed by atoms with Crippen molar-refractivity contribution in [2.75, 3.05) is 26.7 Å². The van der Waals surface area contributed by atoms with Crippen molar-refractivity contribution in [3.63, 3.8) is 0 Å². The molecule has 3 heterocycles. The van der Waals surface area contributed by atoms with E-state index in [1.807, 2.05) is 19.6 Å². The molecule has 0 bridgehead atoms. The van der Waals surface area contributed by atoms with Crippen LogP contribution in [-0.4, -0.2) is 58.0 Å². The Hall–Kier alpha value is -1.61. The summed E-state index contributed by atoms with van der Waals surface area (Å²) >= 11 is 0. The quantitative estimate of drug-likeness (QED) is 0.338. The molecule has 0 spiro atoms. The van der Waals surface area contributed by atoms with Gasteiger partial charge in [-0.1, -0.05) is 37.6 Å². The first-order valence-electron chi connectivity index (χ1n) is 11.9. The maximum absolute atomic E-state index is 4.62. The van der Waals surface area contributed by atoms with Crippen molar-refractivity contribution in [2.24, 2.45) is 10.9 Å². The first-order chi connectivity index (χ1) is 15.2. The number of rotatable bonds is 5. The zero-order chi connectivity index (χ0) is 21.6. The molecule has 2 aliphatic heterocycles. The minimum atomic E-state index is 0. The van der Waals surface area contributed by atoms with Crippen molar-refractivity contribution in [2.45, 2.75) is 64.7 Å². The number of nitrogens with zero attached hydrogens (tertiary/aromatic N) is 5. The second-order valence-electron chi connectivity index (χ2n) is 9.27. The molecule has 2 aromatic rings. The number of imidazole rings is 1. The van der Waals surface area contributed by atoms with Gasteiger partial charge in [-0.3, -0.25) is 9.89 Å². The number of nitrogens with one attached hydrogen (secondary N) is 1. The van der Waals surface area contributed by atoms with Crippen LogP contribution in [0.25, 0.3) is 0 Å². The number of benzene rings is 1. The standard InChI is InChI=1S/C25H38N6.HI/c1-20-11-14-30(18-24(20)31-15-12-27-19-31)25(26-3)28-16-22-9-4-5-10-23(22)17-29-13-7-6-8-21(29)2;/h4-5,9-10,12,15,19-21,24H,6-8,11,13-14,16-18H2,1-3H3,(H,26,28);1H. The average molecular weight is 551 g/mol. The van der Waals surface area contributed by atoms with Gasteiger partial charge in [-0.05, 0) is 49.8 Å². The molecule has 32 heavy (non-hydrogen) atoms. The van der Waals surface area contributed by atoms with Crippen molar-refractivity contribution in [1.82, 2.24) is 24.7 Å². The Labute approximate surface area is 210 Å². The number of aliphatic imine (C=N–C) groups is 1. The van der Waals surface area contributed by atoms with Crippen LogP contribution in [-0.2, 0) is 13.1 Å². The number of piperidine rings is 2. The molecule has 0 amide bonds. The SMILES string of the molecule is CN=C(NCc1ccccc1CN1CCCCC1C)N1CCC(C)C(n2ccnc2)C1.I. The minimum absolute atomic E-state index is 0. The van der Waals surface area contributed by atoms with Gasteiger partial charge in [-0.15, -0.1) is 24.0 Å². The summed E-state index contributed by atoms with van der Waals surface area (Å²) in [5, 5.41) is 3.66. The van der Waals surface area contributed by atoms with E-state index in [1.165, 1.54) is 36.9 Å². The molecule has 176 valence electrons. The number of guanidine groups is 1. The van der Waals surface area contributed by atoms with E-state index in [0.29, 0.717) is 18.0 Å². The number of hydrogen-bond acceptors (Lipinski definition) is 3. The van der Waals surface area contributed by atoms with E-state index in [9.17, 15) is 0 Å². The second kappa shape index (κ2) is 12.0. The van der Waals surface area contributed by atoms with E-state index in [0.717, 1.165) is 38.6 Å². The number of hydrogen-bond donors (Lipinski definition) is 1. The normalized spacial score (nSPS) is 24.8. The van der Waals surface area contributed by atoms with Crippen LogP contribution >= 0.6 is 24.0 Å². The summed E-state index contributed by atoms with van der Waals surface area (Å²) in [6.07, 6.45) is 11.1. The molecule has 2 aliphatic rings. The van der Waals surface area contributed by atoms with Crippen LogP contribution in [0.3, 0.4) is 0 Å². The van der Waals surface area contributed by atoms with Gasteiger partial charge in [0.25, 0.3) is 0 Å². The number of halogens is 1. The van der Waals surface area contributed by atoms with Crippen molar-refractivity contribution in [1.29, 1.82) is 0 Å². The van der Waals surface area contributed by atoms with Crippen LogP contribution in [0.2, 0.25) is 0 Å². The highest BCUT2D eigenvalue weighted by atomic mass is 127.